The largest absolute Gasteiger partial charge is 0.393 e. The molecule has 2 atom stereocenters. The maximum atomic E-state index is 9.52. The zero-order valence-electron chi connectivity index (χ0n) is 8.30. The summed E-state index contributed by atoms with van der Waals surface area (Å²) in [7, 11) is 0. The molecule has 0 heterocycles. The van der Waals surface area contributed by atoms with E-state index in [0.717, 1.165) is 6.42 Å². The van der Waals surface area contributed by atoms with E-state index >= 15 is 0 Å². The molecular weight excluding hydrogens is 136 g/mol. The molecule has 2 unspecified atom stereocenters. The second-order valence-electron chi connectivity index (χ2n) is 3.94. The molecule has 0 aromatic carbocycles. The smallest absolute Gasteiger partial charge is 0.0565 e. The molecule has 0 saturated heterocycles. The van der Waals surface area contributed by atoms with E-state index in [1.54, 1.807) is 0 Å². The topological polar surface area (TPSA) is 20.2 Å². The van der Waals surface area contributed by atoms with Crippen molar-refractivity contribution in [2.24, 2.45) is 11.8 Å². The zero-order valence-corrected chi connectivity index (χ0v) is 8.30. The summed E-state index contributed by atoms with van der Waals surface area (Å²) in [5, 5.41) is 9.52. The maximum Gasteiger partial charge on any atom is 0.0565 e. The van der Waals surface area contributed by atoms with Gasteiger partial charge in [0.15, 0.2) is 0 Å². The second kappa shape index (κ2) is 5.59. The first kappa shape index (κ1) is 11.0. The van der Waals surface area contributed by atoms with Crippen LogP contribution in [0.25, 0.3) is 0 Å². The Labute approximate surface area is 70.8 Å². The van der Waals surface area contributed by atoms with Gasteiger partial charge in [-0.2, -0.15) is 0 Å². The monoisotopic (exact) mass is 158 g/mol. The van der Waals surface area contributed by atoms with Crippen LogP contribution in [0.2, 0.25) is 0 Å². The molecular formula is C10H22O. The average molecular weight is 158 g/mol. The first-order valence-corrected chi connectivity index (χ1v) is 4.76. The molecule has 0 fully saturated rings. The standard InChI is InChI=1S/C10H22O/c1-5-6-9(4)7-10(11)8(2)3/h8-11H,5-7H2,1-4H3. The van der Waals surface area contributed by atoms with Gasteiger partial charge in [0.1, 0.15) is 0 Å². The lowest BCUT2D eigenvalue weighted by atomic mass is 9.93. The third kappa shape index (κ3) is 5.25. The van der Waals surface area contributed by atoms with Gasteiger partial charge >= 0.3 is 0 Å². The van der Waals surface area contributed by atoms with Crippen LogP contribution in [-0.4, -0.2) is 11.2 Å². The Bertz CT molecular complexity index is 88.9. The molecule has 11 heavy (non-hydrogen) atoms. The van der Waals surface area contributed by atoms with Gasteiger partial charge in [-0.05, 0) is 18.3 Å². The predicted molar refractivity (Wildman–Crippen MR) is 49.5 cm³/mol. The highest BCUT2D eigenvalue weighted by Crippen LogP contribution is 2.16. The molecule has 0 bridgehead atoms. The van der Waals surface area contributed by atoms with E-state index < -0.39 is 0 Å². The van der Waals surface area contributed by atoms with E-state index in [9.17, 15) is 5.11 Å². The van der Waals surface area contributed by atoms with E-state index in [0.29, 0.717) is 11.8 Å². The van der Waals surface area contributed by atoms with Crippen molar-refractivity contribution in [1.29, 1.82) is 0 Å². The van der Waals surface area contributed by atoms with Crippen LogP contribution >= 0.6 is 0 Å². The average Bonchev–Trinajstić information content (AvgIpc) is 1.87. The van der Waals surface area contributed by atoms with Crippen LogP contribution in [0, 0.1) is 11.8 Å². The quantitative estimate of drug-likeness (QED) is 0.652. The summed E-state index contributed by atoms with van der Waals surface area (Å²) >= 11 is 0. The molecule has 0 amide bonds. The molecule has 0 saturated carbocycles. The minimum atomic E-state index is -0.100. The van der Waals surface area contributed by atoms with Crippen LogP contribution in [0.1, 0.15) is 47.0 Å². The van der Waals surface area contributed by atoms with Crippen molar-refractivity contribution in [1.82, 2.24) is 0 Å². The Morgan fingerprint density at radius 2 is 1.73 bits per heavy atom. The minimum absolute atomic E-state index is 0.100. The van der Waals surface area contributed by atoms with Gasteiger partial charge in [-0.25, -0.2) is 0 Å². The molecule has 0 aliphatic heterocycles. The van der Waals surface area contributed by atoms with E-state index in [1.165, 1.54) is 12.8 Å². The van der Waals surface area contributed by atoms with Crippen LogP contribution in [0.3, 0.4) is 0 Å². The number of hydrogen-bond donors (Lipinski definition) is 1. The Morgan fingerprint density at radius 3 is 2.09 bits per heavy atom. The van der Waals surface area contributed by atoms with E-state index in [4.69, 9.17) is 0 Å². The molecule has 0 aromatic heterocycles. The van der Waals surface area contributed by atoms with Gasteiger partial charge in [-0.15, -0.1) is 0 Å². The lowest BCUT2D eigenvalue weighted by Gasteiger charge is -2.18. The summed E-state index contributed by atoms with van der Waals surface area (Å²) in [6.07, 6.45) is 3.33. The first-order chi connectivity index (χ1) is 5.07. The third-order valence-electron chi connectivity index (χ3n) is 2.19. The van der Waals surface area contributed by atoms with Gasteiger partial charge in [0.25, 0.3) is 0 Å². The first-order valence-electron chi connectivity index (χ1n) is 4.76. The number of hydrogen-bond acceptors (Lipinski definition) is 1. The van der Waals surface area contributed by atoms with Crippen LogP contribution in [0.15, 0.2) is 0 Å². The van der Waals surface area contributed by atoms with Gasteiger partial charge in [0, 0.05) is 0 Å². The molecule has 0 aliphatic rings. The van der Waals surface area contributed by atoms with Crippen molar-refractivity contribution in [3.8, 4) is 0 Å². The van der Waals surface area contributed by atoms with Gasteiger partial charge < -0.3 is 5.11 Å². The Hall–Kier alpha value is -0.0400. The summed E-state index contributed by atoms with van der Waals surface area (Å²) in [4.78, 5) is 0. The zero-order chi connectivity index (χ0) is 8.85. The van der Waals surface area contributed by atoms with Gasteiger partial charge in [-0.3, -0.25) is 0 Å². The molecule has 1 heteroatoms. The normalized spacial score (nSPS) is 16.9. The highest BCUT2D eigenvalue weighted by atomic mass is 16.3. The highest BCUT2D eigenvalue weighted by molar-refractivity contribution is 4.64. The molecule has 0 aliphatic carbocycles. The Balaban J connectivity index is 3.48. The fourth-order valence-corrected chi connectivity index (χ4v) is 1.30. The van der Waals surface area contributed by atoms with Crippen LogP contribution in [0.4, 0.5) is 0 Å². The summed E-state index contributed by atoms with van der Waals surface area (Å²) < 4.78 is 0. The molecule has 1 N–H and O–H groups in total. The van der Waals surface area contributed by atoms with Crippen molar-refractivity contribution < 1.29 is 5.11 Å². The molecule has 0 spiro atoms. The minimum Gasteiger partial charge on any atom is -0.393 e. The predicted octanol–water partition coefficient (Wildman–Crippen LogP) is 2.83. The SMILES string of the molecule is CCCC(C)CC(O)C(C)C. The second-order valence-corrected chi connectivity index (χ2v) is 3.94. The summed E-state index contributed by atoms with van der Waals surface area (Å²) in [5.41, 5.74) is 0. The summed E-state index contributed by atoms with van der Waals surface area (Å²) in [6.45, 7) is 8.56. The maximum absolute atomic E-state index is 9.52. The van der Waals surface area contributed by atoms with Crippen molar-refractivity contribution in [3.05, 3.63) is 0 Å². The lowest BCUT2D eigenvalue weighted by Crippen LogP contribution is -2.17. The lowest BCUT2D eigenvalue weighted by molar-refractivity contribution is 0.0983. The molecule has 0 aromatic rings. The third-order valence-corrected chi connectivity index (χ3v) is 2.19. The fourth-order valence-electron chi connectivity index (χ4n) is 1.30. The fraction of sp³-hybridized carbons (Fsp3) is 1.00. The van der Waals surface area contributed by atoms with E-state index in [1.807, 2.05) is 0 Å². The van der Waals surface area contributed by atoms with E-state index in [-0.39, 0.29) is 6.10 Å². The number of aliphatic hydroxyl groups is 1. The van der Waals surface area contributed by atoms with Crippen LogP contribution in [0.5, 0.6) is 0 Å². The number of aliphatic hydroxyl groups excluding tert-OH is 1. The number of rotatable bonds is 5. The molecule has 1 nitrogen and oxygen atoms in total. The summed E-state index contributed by atoms with van der Waals surface area (Å²) in [6, 6.07) is 0. The van der Waals surface area contributed by atoms with Gasteiger partial charge in [0.05, 0.1) is 6.10 Å². The molecule has 0 radical (unpaired) electrons. The van der Waals surface area contributed by atoms with Gasteiger partial charge in [0.2, 0.25) is 0 Å². The van der Waals surface area contributed by atoms with E-state index in [2.05, 4.69) is 27.7 Å². The van der Waals surface area contributed by atoms with Crippen molar-refractivity contribution >= 4 is 0 Å². The Morgan fingerprint density at radius 1 is 1.18 bits per heavy atom. The van der Waals surface area contributed by atoms with Gasteiger partial charge in [-0.1, -0.05) is 40.5 Å². The summed E-state index contributed by atoms with van der Waals surface area (Å²) in [5.74, 6) is 1.09. The highest BCUT2D eigenvalue weighted by Gasteiger charge is 2.12. The van der Waals surface area contributed by atoms with Crippen molar-refractivity contribution in [3.63, 3.8) is 0 Å². The molecule has 0 rings (SSSR count). The molecule has 68 valence electrons. The van der Waals surface area contributed by atoms with Crippen molar-refractivity contribution in [2.45, 2.75) is 53.1 Å². The van der Waals surface area contributed by atoms with Crippen molar-refractivity contribution in [2.75, 3.05) is 0 Å². The van der Waals surface area contributed by atoms with Crippen LogP contribution < -0.4 is 0 Å². The Kier molecular flexibility index (Phi) is 5.57. The van der Waals surface area contributed by atoms with Crippen LogP contribution in [-0.2, 0) is 0 Å².